The summed E-state index contributed by atoms with van der Waals surface area (Å²) in [5, 5.41) is 2.72. The Morgan fingerprint density at radius 1 is 1.25 bits per heavy atom. The smallest absolute Gasteiger partial charge is 0.257 e. The molecule has 3 heterocycles. The van der Waals surface area contributed by atoms with Gasteiger partial charge >= 0.3 is 0 Å². The Bertz CT molecular complexity index is 742. The Morgan fingerprint density at radius 2 is 2.00 bits per heavy atom. The minimum absolute atomic E-state index is 0.152. The average Bonchev–Trinajstić information content (AvgIpc) is 2.56. The number of anilines is 2. The number of hydrogen-bond acceptors (Lipinski definition) is 5. The van der Waals surface area contributed by atoms with Crippen LogP contribution in [-0.4, -0.2) is 41.2 Å². The molecule has 2 aromatic rings. The second-order valence-corrected chi connectivity index (χ2v) is 5.96. The highest BCUT2D eigenvalue weighted by atomic mass is 16.5. The van der Waals surface area contributed by atoms with Gasteiger partial charge in [-0.3, -0.25) is 9.59 Å². The lowest BCUT2D eigenvalue weighted by Crippen LogP contribution is -2.45. The van der Waals surface area contributed by atoms with Gasteiger partial charge in [0.1, 0.15) is 5.82 Å². The number of ether oxygens (including phenoxy) is 1. The Labute approximate surface area is 139 Å². The van der Waals surface area contributed by atoms with Gasteiger partial charge in [0.05, 0.1) is 23.5 Å². The quantitative estimate of drug-likeness (QED) is 0.894. The fraction of sp³-hybridized carbons (Fsp3) is 0.353. The summed E-state index contributed by atoms with van der Waals surface area (Å²) in [5.74, 6) is 0.558. The Balaban J connectivity index is 1.68. The molecular weight excluding hydrogens is 308 g/mol. The normalized spacial score (nSPS) is 20.7. The molecule has 1 aliphatic rings. The molecule has 1 saturated heterocycles. The predicted octanol–water partition coefficient (Wildman–Crippen LogP) is 1.64. The minimum Gasteiger partial charge on any atom is -0.372 e. The number of hydrogen-bond donors (Lipinski definition) is 2. The number of aromatic nitrogens is 2. The topological polar surface area (TPSA) is 87.3 Å². The van der Waals surface area contributed by atoms with Gasteiger partial charge < -0.3 is 19.9 Å². The van der Waals surface area contributed by atoms with Crippen molar-refractivity contribution < 1.29 is 9.53 Å². The van der Waals surface area contributed by atoms with Crippen molar-refractivity contribution in [1.29, 1.82) is 0 Å². The number of nitrogens with zero attached hydrogens (tertiary/aromatic N) is 2. The molecule has 2 atom stereocenters. The summed E-state index contributed by atoms with van der Waals surface area (Å²) in [7, 11) is 0. The van der Waals surface area contributed by atoms with E-state index in [0.717, 1.165) is 18.9 Å². The first-order valence-corrected chi connectivity index (χ1v) is 7.88. The van der Waals surface area contributed by atoms with Crippen LogP contribution in [0, 0.1) is 0 Å². The lowest BCUT2D eigenvalue weighted by Gasteiger charge is -2.36. The maximum atomic E-state index is 12.2. The standard InChI is InChI=1S/C17H20N4O3/c1-11-9-21(10-12(2)24-11)15-5-3-13(7-18-15)17(23)20-14-4-6-16(22)19-8-14/h3-8,11-12H,9-10H2,1-2H3,(H,19,22)(H,20,23). The zero-order valence-corrected chi connectivity index (χ0v) is 13.7. The summed E-state index contributed by atoms with van der Waals surface area (Å²) in [5.41, 5.74) is 0.770. The molecule has 7 heteroatoms. The van der Waals surface area contributed by atoms with Crippen LogP contribution in [0.1, 0.15) is 24.2 Å². The van der Waals surface area contributed by atoms with E-state index in [0.29, 0.717) is 11.3 Å². The van der Waals surface area contributed by atoms with E-state index >= 15 is 0 Å². The van der Waals surface area contributed by atoms with E-state index in [1.165, 1.54) is 12.3 Å². The number of rotatable bonds is 3. The molecular formula is C17H20N4O3. The van der Waals surface area contributed by atoms with E-state index in [1.807, 2.05) is 19.9 Å². The van der Waals surface area contributed by atoms with E-state index in [1.54, 1.807) is 18.3 Å². The first-order valence-electron chi connectivity index (χ1n) is 7.88. The first kappa shape index (κ1) is 16.2. The number of carbonyl (C=O) groups is 1. The number of pyridine rings is 2. The van der Waals surface area contributed by atoms with Crippen LogP contribution in [0.2, 0.25) is 0 Å². The van der Waals surface area contributed by atoms with Crippen molar-refractivity contribution in [2.75, 3.05) is 23.3 Å². The molecule has 0 aromatic carbocycles. The molecule has 7 nitrogen and oxygen atoms in total. The van der Waals surface area contributed by atoms with Gasteiger partial charge in [0, 0.05) is 31.5 Å². The molecule has 0 aliphatic carbocycles. The number of nitrogens with one attached hydrogen (secondary N) is 2. The van der Waals surface area contributed by atoms with Crippen molar-refractivity contribution >= 4 is 17.4 Å². The number of carbonyl (C=O) groups excluding carboxylic acids is 1. The Hall–Kier alpha value is -2.67. The highest BCUT2D eigenvalue weighted by Gasteiger charge is 2.23. The third-order valence-electron chi connectivity index (χ3n) is 3.80. The molecule has 2 N–H and O–H groups in total. The molecule has 1 fully saturated rings. The molecule has 3 rings (SSSR count). The van der Waals surface area contributed by atoms with Gasteiger partial charge in [-0.25, -0.2) is 4.98 Å². The molecule has 2 unspecified atom stereocenters. The van der Waals surface area contributed by atoms with Crippen LogP contribution in [0.3, 0.4) is 0 Å². The first-order chi connectivity index (χ1) is 11.5. The molecule has 0 bridgehead atoms. The maximum Gasteiger partial charge on any atom is 0.257 e. The van der Waals surface area contributed by atoms with E-state index in [9.17, 15) is 9.59 Å². The molecule has 1 amide bonds. The van der Waals surface area contributed by atoms with Crippen LogP contribution < -0.4 is 15.8 Å². The summed E-state index contributed by atoms with van der Waals surface area (Å²) >= 11 is 0. The van der Waals surface area contributed by atoms with Gasteiger partial charge in [0.2, 0.25) is 5.56 Å². The van der Waals surface area contributed by atoms with E-state index in [4.69, 9.17) is 4.74 Å². The third-order valence-corrected chi connectivity index (χ3v) is 3.80. The van der Waals surface area contributed by atoms with Crippen molar-refractivity contribution in [2.24, 2.45) is 0 Å². The zero-order valence-electron chi connectivity index (χ0n) is 13.7. The second-order valence-electron chi connectivity index (χ2n) is 5.96. The highest BCUT2D eigenvalue weighted by molar-refractivity contribution is 6.04. The van der Waals surface area contributed by atoms with Crippen molar-refractivity contribution in [3.05, 3.63) is 52.6 Å². The summed E-state index contributed by atoms with van der Waals surface area (Å²) in [4.78, 5) is 32.3. The van der Waals surface area contributed by atoms with Gasteiger partial charge in [0.25, 0.3) is 5.91 Å². The average molecular weight is 328 g/mol. The van der Waals surface area contributed by atoms with Crippen molar-refractivity contribution in [2.45, 2.75) is 26.1 Å². The van der Waals surface area contributed by atoms with Crippen molar-refractivity contribution in [3.8, 4) is 0 Å². The molecule has 126 valence electrons. The minimum atomic E-state index is -0.273. The largest absolute Gasteiger partial charge is 0.372 e. The fourth-order valence-corrected chi connectivity index (χ4v) is 2.76. The van der Waals surface area contributed by atoms with Crippen LogP contribution in [0.15, 0.2) is 41.5 Å². The van der Waals surface area contributed by atoms with Gasteiger partial charge in [0.15, 0.2) is 0 Å². The van der Waals surface area contributed by atoms with Crippen LogP contribution in [-0.2, 0) is 4.74 Å². The van der Waals surface area contributed by atoms with Crippen LogP contribution >= 0.6 is 0 Å². The monoisotopic (exact) mass is 328 g/mol. The van der Waals surface area contributed by atoms with Crippen LogP contribution in [0.4, 0.5) is 11.5 Å². The number of aromatic amines is 1. The maximum absolute atomic E-state index is 12.2. The van der Waals surface area contributed by atoms with Crippen LogP contribution in [0.25, 0.3) is 0 Å². The van der Waals surface area contributed by atoms with Gasteiger partial charge in [-0.1, -0.05) is 0 Å². The number of amides is 1. The molecule has 2 aromatic heterocycles. The second kappa shape index (κ2) is 6.84. The number of H-pyrrole nitrogens is 1. The number of morpholine rings is 1. The van der Waals surface area contributed by atoms with Crippen molar-refractivity contribution in [1.82, 2.24) is 9.97 Å². The van der Waals surface area contributed by atoms with E-state index in [-0.39, 0.29) is 23.7 Å². The summed E-state index contributed by atoms with van der Waals surface area (Å²) in [6.07, 6.45) is 3.32. The molecule has 0 spiro atoms. The third kappa shape index (κ3) is 3.80. The molecule has 1 aliphatic heterocycles. The molecule has 24 heavy (non-hydrogen) atoms. The van der Waals surface area contributed by atoms with Gasteiger partial charge in [-0.15, -0.1) is 0 Å². The Morgan fingerprint density at radius 3 is 2.58 bits per heavy atom. The highest BCUT2D eigenvalue weighted by Crippen LogP contribution is 2.18. The fourth-order valence-electron chi connectivity index (χ4n) is 2.76. The summed E-state index contributed by atoms with van der Waals surface area (Å²) in [6.45, 7) is 5.63. The Kier molecular flexibility index (Phi) is 4.61. The van der Waals surface area contributed by atoms with E-state index in [2.05, 4.69) is 20.2 Å². The zero-order chi connectivity index (χ0) is 17.1. The van der Waals surface area contributed by atoms with Crippen molar-refractivity contribution in [3.63, 3.8) is 0 Å². The van der Waals surface area contributed by atoms with Crippen LogP contribution in [0.5, 0.6) is 0 Å². The van der Waals surface area contributed by atoms with E-state index < -0.39 is 0 Å². The molecule has 0 radical (unpaired) electrons. The lowest BCUT2D eigenvalue weighted by atomic mass is 10.2. The summed E-state index contributed by atoms with van der Waals surface area (Å²) < 4.78 is 5.72. The lowest BCUT2D eigenvalue weighted by molar-refractivity contribution is -0.00546. The molecule has 0 saturated carbocycles. The predicted molar refractivity (Wildman–Crippen MR) is 91.5 cm³/mol. The SMILES string of the molecule is CC1CN(c2ccc(C(=O)Nc3ccc(=O)[nH]c3)cn2)CC(C)O1. The van der Waals surface area contributed by atoms with Gasteiger partial charge in [-0.2, -0.15) is 0 Å². The van der Waals surface area contributed by atoms with Gasteiger partial charge in [-0.05, 0) is 32.0 Å². The summed E-state index contributed by atoms with van der Waals surface area (Å²) in [6, 6.07) is 6.49.